The minimum Gasteiger partial charge on any atom is -0.298 e. The van der Waals surface area contributed by atoms with Crippen molar-refractivity contribution in [1.82, 2.24) is 0 Å². The fourth-order valence-electron chi connectivity index (χ4n) is 12.9. The number of carbonyl (C=O) groups is 2. The van der Waals surface area contributed by atoms with Crippen LogP contribution < -0.4 is 0 Å². The molecule has 0 aromatic carbocycles. The molecule has 6 saturated carbocycles. The van der Waals surface area contributed by atoms with Crippen LogP contribution >= 0.6 is 15.9 Å². The van der Waals surface area contributed by atoms with E-state index in [0.29, 0.717) is 40.8 Å². The molecule has 8 aliphatic carbocycles. The number of rotatable bonds is 0. The first-order valence-corrected chi connectivity index (χ1v) is 18.6. The molecule has 0 spiro atoms. The Bertz CT molecular complexity index is 1110. The molecule has 0 aromatic rings. The monoisotopic (exact) mass is 640 g/mol. The average molecular weight is 642 g/mol. The zero-order valence-corrected chi connectivity index (χ0v) is 28.2. The van der Waals surface area contributed by atoms with Gasteiger partial charge in [0.25, 0.3) is 0 Å². The smallest absolute Gasteiger partial charge is 0.173 e. The maximum Gasteiger partial charge on any atom is 0.173 e. The van der Waals surface area contributed by atoms with Crippen molar-refractivity contribution in [2.24, 2.45) is 57.2 Å². The lowest BCUT2D eigenvalue weighted by molar-refractivity contribution is -0.134. The SMILES string of the molecule is C[C@]12CCCCC1=CC[C@@H]1[C@@H]2CC[C@]2(C)C(=O)[C@H](Br)C[C@@H]12.C[C@]12CCCCC1=CC[C@@H]1[C@@H]2CC[C@]2(C)C(=O)[C@H](F)C[C@@H]12. The van der Waals surface area contributed by atoms with Crippen LogP contribution in [0.5, 0.6) is 0 Å². The van der Waals surface area contributed by atoms with Gasteiger partial charge in [-0.25, -0.2) is 4.39 Å². The second kappa shape index (κ2) is 10.4. The fraction of sp³-hybridized carbons (Fsp3) is 0.842. The van der Waals surface area contributed by atoms with Crippen LogP contribution in [0.25, 0.3) is 0 Å². The number of hydrogen-bond acceptors (Lipinski definition) is 2. The van der Waals surface area contributed by atoms with Gasteiger partial charge in [-0.2, -0.15) is 0 Å². The van der Waals surface area contributed by atoms with Crippen LogP contribution in [0.1, 0.15) is 130 Å². The molecule has 6 fully saturated rings. The quantitative estimate of drug-likeness (QED) is 0.195. The molecule has 0 aromatic heterocycles. The van der Waals surface area contributed by atoms with Crippen molar-refractivity contribution in [1.29, 1.82) is 0 Å². The molecule has 0 N–H and O–H groups in total. The molecule has 0 unspecified atom stereocenters. The minimum absolute atomic E-state index is 0.0360. The normalized spacial score (nSPS) is 52.7. The van der Waals surface area contributed by atoms with Crippen LogP contribution in [-0.2, 0) is 9.59 Å². The zero-order valence-electron chi connectivity index (χ0n) is 26.7. The summed E-state index contributed by atoms with van der Waals surface area (Å²) >= 11 is 3.66. The summed E-state index contributed by atoms with van der Waals surface area (Å²) in [6.07, 6.45) is 23.0. The highest BCUT2D eigenvalue weighted by molar-refractivity contribution is 9.10. The number of fused-ring (bicyclic) bond motifs is 10. The number of Topliss-reactive ketones (excluding diaryl/α,β-unsaturated/α-hetero) is 2. The third kappa shape index (κ3) is 4.17. The van der Waals surface area contributed by atoms with Crippen LogP contribution in [0.4, 0.5) is 4.39 Å². The van der Waals surface area contributed by atoms with Crippen molar-refractivity contribution in [2.75, 3.05) is 0 Å². The topological polar surface area (TPSA) is 34.1 Å². The Hall–Kier alpha value is -0.770. The number of ketones is 2. The highest BCUT2D eigenvalue weighted by Gasteiger charge is 2.62. The van der Waals surface area contributed by atoms with E-state index in [2.05, 4.69) is 55.8 Å². The summed E-state index contributed by atoms with van der Waals surface area (Å²) in [5.41, 5.74) is 3.84. The third-order valence-electron chi connectivity index (χ3n) is 15.4. The number of alkyl halides is 2. The van der Waals surface area contributed by atoms with Gasteiger partial charge in [0, 0.05) is 10.8 Å². The van der Waals surface area contributed by atoms with E-state index in [0.717, 1.165) is 43.9 Å². The van der Waals surface area contributed by atoms with Gasteiger partial charge >= 0.3 is 0 Å². The molecule has 0 bridgehead atoms. The minimum atomic E-state index is -1.19. The lowest BCUT2D eigenvalue weighted by Crippen LogP contribution is -2.49. The van der Waals surface area contributed by atoms with Crippen LogP contribution in [0.2, 0.25) is 0 Å². The first-order valence-electron chi connectivity index (χ1n) is 17.7. The first-order chi connectivity index (χ1) is 19.9. The van der Waals surface area contributed by atoms with Crippen LogP contribution in [-0.4, -0.2) is 22.6 Å². The summed E-state index contributed by atoms with van der Waals surface area (Å²) < 4.78 is 14.1. The van der Waals surface area contributed by atoms with Gasteiger partial charge in [-0.05, 0) is 136 Å². The molecule has 0 saturated heterocycles. The molecule has 8 rings (SSSR count). The Kier molecular flexibility index (Phi) is 7.39. The van der Waals surface area contributed by atoms with Crippen LogP contribution in [0, 0.1) is 57.2 Å². The lowest BCUT2D eigenvalue weighted by Gasteiger charge is -2.56. The molecular formula is C38H54BrFO2. The van der Waals surface area contributed by atoms with E-state index >= 15 is 0 Å². The molecule has 232 valence electrons. The van der Waals surface area contributed by atoms with E-state index in [1.165, 1.54) is 64.2 Å². The zero-order chi connectivity index (χ0) is 29.7. The number of halogens is 2. The van der Waals surface area contributed by atoms with Crippen molar-refractivity contribution >= 4 is 27.5 Å². The first kappa shape index (κ1) is 29.9. The van der Waals surface area contributed by atoms with Crippen LogP contribution in [0.15, 0.2) is 23.3 Å². The summed E-state index contributed by atoms with van der Waals surface area (Å²) in [4.78, 5) is 25.1. The molecule has 0 aliphatic heterocycles. The largest absolute Gasteiger partial charge is 0.298 e. The van der Waals surface area contributed by atoms with Gasteiger partial charge < -0.3 is 0 Å². The van der Waals surface area contributed by atoms with Crippen molar-refractivity contribution in [3.05, 3.63) is 23.3 Å². The van der Waals surface area contributed by atoms with Gasteiger partial charge in [0.05, 0.1) is 4.83 Å². The Morgan fingerprint density at radius 3 is 1.64 bits per heavy atom. The Morgan fingerprint density at radius 2 is 1.12 bits per heavy atom. The maximum absolute atomic E-state index is 14.1. The highest BCUT2D eigenvalue weighted by atomic mass is 79.9. The Morgan fingerprint density at radius 1 is 0.643 bits per heavy atom. The van der Waals surface area contributed by atoms with E-state index < -0.39 is 6.17 Å². The molecule has 2 nitrogen and oxygen atoms in total. The summed E-state index contributed by atoms with van der Waals surface area (Å²) in [7, 11) is 0. The average Bonchev–Trinajstić information content (AvgIpc) is 3.35. The molecule has 8 aliphatic rings. The molecule has 4 heteroatoms. The number of carbonyl (C=O) groups excluding carboxylic acids is 2. The third-order valence-corrected chi connectivity index (χ3v) is 16.2. The van der Waals surface area contributed by atoms with E-state index in [4.69, 9.17) is 0 Å². The van der Waals surface area contributed by atoms with E-state index in [1.807, 2.05) is 0 Å². The summed E-state index contributed by atoms with van der Waals surface area (Å²) in [6.45, 7) is 9.32. The summed E-state index contributed by atoms with van der Waals surface area (Å²) in [5.74, 6) is 4.13. The predicted molar refractivity (Wildman–Crippen MR) is 171 cm³/mol. The Labute approximate surface area is 262 Å². The summed E-state index contributed by atoms with van der Waals surface area (Å²) in [6, 6.07) is 0. The standard InChI is InChI=1S/C19H27BrO.C19H27FO/c2*1-18-9-4-3-5-12(18)6-7-13-14(18)8-10-19(2)15(13)11-16(20)17(19)21/h2*6,13-16H,3-5,7-11H2,1-2H3/t2*13-,14+,15+,16-,18+,19+/m11/s1. The summed E-state index contributed by atoms with van der Waals surface area (Å²) in [5, 5.41) is 0. The van der Waals surface area contributed by atoms with Crippen molar-refractivity contribution in [3.8, 4) is 0 Å². The predicted octanol–water partition coefficient (Wildman–Crippen LogP) is 10.1. The second-order valence-electron chi connectivity index (χ2n) is 17.0. The number of hydrogen-bond donors (Lipinski definition) is 0. The van der Waals surface area contributed by atoms with Gasteiger partial charge in [-0.15, -0.1) is 0 Å². The van der Waals surface area contributed by atoms with Gasteiger partial charge in [-0.3, -0.25) is 9.59 Å². The van der Waals surface area contributed by atoms with Gasteiger partial charge in [0.1, 0.15) is 0 Å². The van der Waals surface area contributed by atoms with E-state index in [9.17, 15) is 14.0 Å². The van der Waals surface area contributed by atoms with Gasteiger partial charge in [0.2, 0.25) is 0 Å². The van der Waals surface area contributed by atoms with Crippen LogP contribution in [0.3, 0.4) is 0 Å². The molecule has 12 atom stereocenters. The highest BCUT2D eigenvalue weighted by Crippen LogP contribution is 2.66. The fourth-order valence-corrected chi connectivity index (χ4v) is 13.8. The lowest BCUT2D eigenvalue weighted by atomic mass is 9.48. The molecule has 0 heterocycles. The Balaban J connectivity index is 0.000000137. The van der Waals surface area contributed by atoms with E-state index in [-0.39, 0.29) is 27.4 Å². The molecule has 0 radical (unpaired) electrons. The molecule has 42 heavy (non-hydrogen) atoms. The maximum atomic E-state index is 14.1. The van der Waals surface area contributed by atoms with E-state index in [1.54, 1.807) is 11.1 Å². The van der Waals surface area contributed by atoms with Gasteiger partial charge in [0.15, 0.2) is 17.7 Å². The van der Waals surface area contributed by atoms with Crippen molar-refractivity contribution < 1.29 is 14.0 Å². The van der Waals surface area contributed by atoms with Crippen molar-refractivity contribution in [3.63, 3.8) is 0 Å². The molecule has 0 amide bonds. The second-order valence-corrected chi connectivity index (χ2v) is 18.1. The van der Waals surface area contributed by atoms with Gasteiger partial charge in [-0.1, -0.05) is 79.8 Å². The number of allylic oxidation sites excluding steroid dienone is 4. The molecular weight excluding hydrogens is 587 g/mol. The van der Waals surface area contributed by atoms with Crippen molar-refractivity contribution in [2.45, 2.75) is 141 Å².